The molecule has 0 saturated carbocycles. The lowest BCUT2D eigenvalue weighted by Crippen LogP contribution is -2.60. The van der Waals surface area contributed by atoms with E-state index < -0.39 is 131 Å². The van der Waals surface area contributed by atoms with Gasteiger partial charge in [0.15, 0.2) is 46.0 Å². The number of ether oxygens (including phenoxy) is 6. The quantitative estimate of drug-likeness (QED) is 0.0917. The minimum atomic E-state index is -2.01. The predicted octanol–water partition coefficient (Wildman–Crippen LogP) is 3.66. The molecule has 0 bridgehead atoms. The summed E-state index contributed by atoms with van der Waals surface area (Å²) in [5.41, 5.74) is -1.51. The molecule has 2 saturated heterocycles. The van der Waals surface area contributed by atoms with Gasteiger partial charge >= 0.3 is 0 Å². The highest BCUT2D eigenvalue weighted by atomic mass is 16.7. The van der Waals surface area contributed by atoms with E-state index in [-0.39, 0.29) is 102 Å². The molecule has 79 heavy (non-hydrogen) atoms. The van der Waals surface area contributed by atoms with Crippen LogP contribution in [0.5, 0.6) is 69.0 Å². The van der Waals surface area contributed by atoms with Crippen molar-refractivity contribution in [3.05, 3.63) is 124 Å². The Bertz CT molecular complexity index is 3660. The van der Waals surface area contributed by atoms with E-state index in [0.29, 0.717) is 0 Å². The van der Waals surface area contributed by atoms with Crippen molar-refractivity contribution in [1.82, 2.24) is 0 Å². The summed E-state index contributed by atoms with van der Waals surface area (Å²) in [4.78, 5) is 0. The standard InChI is InChI=1S/C55H50O24/c1-72-36-9-20(10-37(73-2)44(36)67)51-53(79-55-48(71)47(70)45(68)38(17-56)76-55)23-14-35(74-33-11-21(57)12-34(75-51)39(23)33)40-29(63)16-31(65)42-43(46(69)50(78-54(40)42)19-4-6-25(59)28(62)8-19)41-30(64)15-26(60)22-13-32(66)49(77-52(22)41)18-3-5-24(58)27(61)7-18/h3-12,14-16,32,38,43,45-50,54-71H,13,17H2,1-2H3/t32-,38+,43+,45+,46-,47-,48+,49+,50+,54?,55-/m0/s1. The van der Waals surface area contributed by atoms with Gasteiger partial charge in [-0.25, -0.2) is 0 Å². The summed E-state index contributed by atoms with van der Waals surface area (Å²) in [6, 6.07) is 14.3. The first-order valence-corrected chi connectivity index (χ1v) is 24.2. The monoisotopic (exact) mass is 1090 g/mol. The van der Waals surface area contributed by atoms with Gasteiger partial charge in [0.25, 0.3) is 0 Å². The molecule has 5 aliphatic heterocycles. The van der Waals surface area contributed by atoms with Crippen LogP contribution in [0.4, 0.5) is 0 Å². The van der Waals surface area contributed by atoms with Gasteiger partial charge in [-0.3, -0.25) is 0 Å². The molecule has 1 aliphatic carbocycles. The van der Waals surface area contributed by atoms with Gasteiger partial charge in [-0.2, -0.15) is 0 Å². The van der Waals surface area contributed by atoms with Gasteiger partial charge in [-0.15, -0.1) is 0 Å². The Labute approximate surface area is 444 Å². The zero-order valence-corrected chi connectivity index (χ0v) is 41.2. The number of fused-ring (bicyclic) bond motifs is 2. The van der Waals surface area contributed by atoms with E-state index >= 15 is 0 Å². The van der Waals surface area contributed by atoms with Crippen LogP contribution in [0.2, 0.25) is 0 Å². The average Bonchev–Trinajstić information content (AvgIpc) is 3.45. The van der Waals surface area contributed by atoms with Crippen LogP contribution in [0, 0.1) is 0 Å². The maximum Gasteiger partial charge on any atom is 0.229 e. The van der Waals surface area contributed by atoms with Crippen molar-refractivity contribution in [3.8, 4) is 91.4 Å². The Kier molecular flexibility index (Phi) is 13.0. The molecular formula is C55H50O24. The number of rotatable bonds is 9. The summed E-state index contributed by atoms with van der Waals surface area (Å²) < 4.78 is 49.1. The molecule has 6 aliphatic rings. The minimum absolute atomic E-state index is 0.0135. The van der Waals surface area contributed by atoms with E-state index in [0.717, 1.165) is 42.5 Å². The van der Waals surface area contributed by atoms with E-state index in [4.69, 9.17) is 37.3 Å². The summed E-state index contributed by atoms with van der Waals surface area (Å²) in [5, 5.41) is 179. The molecule has 16 N–H and O–H groups in total. The molecule has 5 aromatic rings. The van der Waals surface area contributed by atoms with Gasteiger partial charge in [-0.05, 0) is 53.6 Å². The summed E-state index contributed by atoms with van der Waals surface area (Å²) in [7, 11) is 2.51. The second kappa shape index (κ2) is 19.6. The fourth-order valence-corrected chi connectivity index (χ4v) is 10.7. The van der Waals surface area contributed by atoms with Crippen LogP contribution >= 0.6 is 0 Å². The Morgan fingerprint density at radius 1 is 0.620 bits per heavy atom. The van der Waals surface area contributed by atoms with Crippen molar-refractivity contribution < 1.29 is 119 Å². The van der Waals surface area contributed by atoms with Crippen LogP contribution in [-0.4, -0.2) is 152 Å². The third kappa shape index (κ3) is 8.57. The Hall–Kier alpha value is -8.72. The van der Waals surface area contributed by atoms with Crippen molar-refractivity contribution in [2.24, 2.45) is 0 Å². The number of aromatic hydroxyl groups is 8. The highest BCUT2D eigenvalue weighted by molar-refractivity contribution is 5.98. The molecule has 414 valence electrons. The number of methoxy groups -OCH3 is 2. The minimum Gasteiger partial charge on any atom is -0.508 e. The number of aliphatic hydroxyl groups excluding tert-OH is 8. The average molecular weight is 1090 g/mol. The van der Waals surface area contributed by atoms with E-state index in [9.17, 15) is 81.7 Å². The smallest absolute Gasteiger partial charge is 0.229 e. The maximum atomic E-state index is 12.7. The van der Waals surface area contributed by atoms with E-state index in [1.165, 1.54) is 50.6 Å². The molecule has 11 rings (SSSR count). The van der Waals surface area contributed by atoms with Gasteiger partial charge in [-0.1, -0.05) is 12.1 Å². The van der Waals surface area contributed by atoms with E-state index in [2.05, 4.69) is 0 Å². The number of allylic oxidation sites excluding steroid dienone is 1. The Morgan fingerprint density at radius 2 is 1.25 bits per heavy atom. The number of phenols is 8. The predicted molar refractivity (Wildman–Crippen MR) is 268 cm³/mol. The lowest BCUT2D eigenvalue weighted by molar-refractivity contribution is -0.277. The van der Waals surface area contributed by atoms with Gasteiger partial charge < -0.3 is 119 Å². The van der Waals surface area contributed by atoms with Crippen LogP contribution in [-0.2, 0) is 15.9 Å². The first-order valence-electron chi connectivity index (χ1n) is 24.2. The molecule has 0 amide bonds. The SMILES string of the molecule is COc1cc(-c2oc3cc(O)cc4oc(=C5C(O)=CC(O)=C6C5O[C@H](c5ccc(O)c(O)c5)[C@@H](O)[C@@H]6c5c(O)cc(O)c6c5O[C@H](c5ccc(O)c(O)c5)[C@@H](O)C6)cc(c2O[C@@H]2O[C@H](CO)[C@@H](O)[C@H](O)[C@H]2O)-c34)cc(OC)c1O. The molecule has 2 fully saturated rings. The van der Waals surface area contributed by atoms with Crippen LogP contribution in [0.3, 0.4) is 0 Å². The second-order valence-electron chi connectivity index (χ2n) is 19.3. The molecule has 5 aromatic carbocycles. The van der Waals surface area contributed by atoms with Crippen molar-refractivity contribution in [1.29, 1.82) is 0 Å². The Balaban J connectivity index is 1.19. The highest BCUT2D eigenvalue weighted by Crippen LogP contribution is 2.58. The van der Waals surface area contributed by atoms with Crippen molar-refractivity contribution in [2.75, 3.05) is 20.8 Å². The molecule has 0 aromatic heterocycles. The molecule has 11 atom stereocenters. The Morgan fingerprint density at radius 3 is 1.87 bits per heavy atom. The number of benzene rings is 5. The topological polar surface area (TPSA) is 405 Å². The van der Waals surface area contributed by atoms with Crippen molar-refractivity contribution >= 4 is 16.7 Å². The second-order valence-corrected chi connectivity index (χ2v) is 19.3. The first-order chi connectivity index (χ1) is 37.7. The summed E-state index contributed by atoms with van der Waals surface area (Å²) in [6.45, 7) is -0.850. The van der Waals surface area contributed by atoms with Crippen LogP contribution in [0.1, 0.15) is 40.4 Å². The third-order valence-electron chi connectivity index (χ3n) is 14.6. The van der Waals surface area contributed by atoms with Crippen molar-refractivity contribution in [2.45, 2.75) is 73.6 Å². The van der Waals surface area contributed by atoms with E-state index in [1.54, 1.807) is 0 Å². The zero-order valence-electron chi connectivity index (χ0n) is 41.2. The molecular weight excluding hydrogens is 1040 g/mol. The van der Waals surface area contributed by atoms with Gasteiger partial charge in [0.05, 0.1) is 44.2 Å². The van der Waals surface area contributed by atoms with Crippen LogP contribution in [0.15, 0.2) is 105 Å². The molecule has 0 spiro atoms. The molecule has 24 heteroatoms. The molecule has 1 unspecified atom stereocenters. The number of hydrogen-bond acceptors (Lipinski definition) is 24. The largest absolute Gasteiger partial charge is 0.508 e. The van der Waals surface area contributed by atoms with Crippen LogP contribution < -0.4 is 24.4 Å². The van der Waals surface area contributed by atoms with Crippen molar-refractivity contribution in [3.63, 3.8) is 0 Å². The first kappa shape index (κ1) is 52.3. The zero-order chi connectivity index (χ0) is 56.2. The van der Waals surface area contributed by atoms with E-state index in [1.807, 2.05) is 0 Å². The highest BCUT2D eigenvalue weighted by Gasteiger charge is 2.52. The van der Waals surface area contributed by atoms with Gasteiger partial charge in [0, 0.05) is 64.4 Å². The number of hydrogen-bond donors (Lipinski definition) is 16. The van der Waals surface area contributed by atoms with Crippen LogP contribution in [0.25, 0.3) is 39.2 Å². The molecule has 5 heterocycles. The lowest BCUT2D eigenvalue weighted by atomic mass is 9.72. The number of phenolic OH excluding ortho intramolecular Hbond substituents is 8. The fourth-order valence-electron chi connectivity index (χ4n) is 10.7. The fraction of sp³-hybridized carbons (Fsp3) is 0.273. The van der Waals surface area contributed by atoms with Gasteiger partial charge in [0.2, 0.25) is 12.0 Å². The normalized spacial score (nSPS) is 26.5. The lowest BCUT2D eigenvalue weighted by Gasteiger charge is -2.45. The molecule has 0 radical (unpaired) electrons. The summed E-state index contributed by atoms with van der Waals surface area (Å²) in [5.74, 6) is -8.83. The number of aliphatic hydroxyl groups is 8. The van der Waals surface area contributed by atoms with Gasteiger partial charge in [0.1, 0.15) is 93.8 Å². The molecule has 24 nitrogen and oxygen atoms in total. The third-order valence-corrected chi connectivity index (χ3v) is 14.6. The summed E-state index contributed by atoms with van der Waals surface area (Å²) >= 11 is 0. The maximum absolute atomic E-state index is 12.7. The summed E-state index contributed by atoms with van der Waals surface area (Å²) in [6.07, 6.45) is -16.8.